The number of carbonyl (C=O) groups excluding carboxylic acids is 2. The zero-order valence-corrected chi connectivity index (χ0v) is 13.4. The lowest BCUT2D eigenvalue weighted by atomic mass is 10.2. The highest BCUT2D eigenvalue weighted by Gasteiger charge is 2.17. The molecule has 1 amide bonds. The number of nitrogens with one attached hydrogen (secondary N) is 1. The fraction of sp³-hybridized carbons (Fsp3) is 0.538. The summed E-state index contributed by atoms with van der Waals surface area (Å²) in [7, 11) is 1.28. The Bertz CT molecular complexity index is 495. The number of esters is 1. The highest BCUT2D eigenvalue weighted by molar-refractivity contribution is 7.89. The molecule has 8 heteroatoms. The molecule has 0 fully saturated rings. The normalized spacial score (nSPS) is 12.6. The first kappa shape index (κ1) is 17.4. The summed E-state index contributed by atoms with van der Waals surface area (Å²) in [4.78, 5) is 22.7. The minimum absolute atomic E-state index is 0.202. The Labute approximate surface area is 126 Å². The summed E-state index contributed by atoms with van der Waals surface area (Å²) in [5.41, 5.74) is -0.245. The standard InChI is InChI=1S/C13H20N2O5S/c1-13(2,3)20-12(17)14-6-8-21(18)15-7-5-10(9-15)11(16)19-4/h5,7,9H,6,8H2,1-4H3,(H,14,17). The molecule has 1 aromatic rings. The second-order valence-electron chi connectivity index (χ2n) is 5.21. The molecule has 1 rings (SSSR count). The van der Waals surface area contributed by atoms with Gasteiger partial charge in [0.2, 0.25) is 0 Å². The number of hydrogen-bond acceptors (Lipinski definition) is 5. The molecule has 21 heavy (non-hydrogen) atoms. The summed E-state index contributed by atoms with van der Waals surface area (Å²) in [5.74, 6) is -0.285. The van der Waals surface area contributed by atoms with E-state index >= 15 is 0 Å². The van der Waals surface area contributed by atoms with E-state index in [1.54, 1.807) is 20.8 Å². The molecule has 1 aromatic heterocycles. The highest BCUT2D eigenvalue weighted by Crippen LogP contribution is 2.08. The first-order valence-electron chi connectivity index (χ1n) is 6.35. The molecule has 7 nitrogen and oxygen atoms in total. The van der Waals surface area contributed by atoms with Gasteiger partial charge in [-0.05, 0) is 26.8 Å². The fourth-order valence-corrected chi connectivity index (χ4v) is 2.32. The monoisotopic (exact) mass is 316 g/mol. The maximum Gasteiger partial charge on any atom is 0.407 e. The Kier molecular flexibility index (Phi) is 6.10. The Morgan fingerprint density at radius 2 is 2.10 bits per heavy atom. The number of carbonyl (C=O) groups is 2. The molecule has 0 aliphatic heterocycles. The van der Waals surface area contributed by atoms with E-state index in [0.29, 0.717) is 5.56 Å². The number of ether oxygens (including phenoxy) is 2. The van der Waals surface area contributed by atoms with Crippen molar-refractivity contribution in [2.75, 3.05) is 19.4 Å². The van der Waals surface area contributed by atoms with Gasteiger partial charge in [0.15, 0.2) is 0 Å². The van der Waals surface area contributed by atoms with Crippen molar-refractivity contribution in [3.8, 4) is 0 Å². The number of amides is 1. The van der Waals surface area contributed by atoms with Crippen LogP contribution in [0.2, 0.25) is 0 Å². The Morgan fingerprint density at radius 1 is 1.43 bits per heavy atom. The van der Waals surface area contributed by atoms with Crippen LogP contribution in [0.3, 0.4) is 0 Å². The van der Waals surface area contributed by atoms with E-state index in [0.717, 1.165) is 0 Å². The minimum atomic E-state index is -1.38. The second kappa shape index (κ2) is 7.37. The van der Waals surface area contributed by atoms with Gasteiger partial charge in [0, 0.05) is 0 Å². The molecule has 0 radical (unpaired) electrons. The summed E-state index contributed by atoms with van der Waals surface area (Å²) in [5, 5.41) is 2.52. The predicted molar refractivity (Wildman–Crippen MR) is 78.4 cm³/mol. The van der Waals surface area contributed by atoms with Crippen LogP contribution in [0.4, 0.5) is 4.79 Å². The van der Waals surface area contributed by atoms with Crippen molar-refractivity contribution in [1.29, 1.82) is 0 Å². The molecular formula is C13H20N2O5S. The van der Waals surface area contributed by atoms with Crippen molar-refractivity contribution in [3.05, 3.63) is 24.0 Å². The predicted octanol–water partition coefficient (Wildman–Crippen LogP) is 1.31. The number of rotatable bonds is 5. The van der Waals surface area contributed by atoms with Crippen LogP contribution in [0, 0.1) is 0 Å². The molecule has 118 valence electrons. The average Bonchev–Trinajstić information content (AvgIpc) is 2.85. The third-order valence-corrected chi connectivity index (χ3v) is 3.52. The number of alkyl carbamates (subject to hydrolysis) is 1. The zero-order chi connectivity index (χ0) is 16.0. The van der Waals surface area contributed by atoms with Gasteiger partial charge in [-0.25, -0.2) is 9.59 Å². The van der Waals surface area contributed by atoms with Crippen LogP contribution in [-0.2, 0) is 20.8 Å². The maximum absolute atomic E-state index is 12.0. The van der Waals surface area contributed by atoms with Crippen molar-refractivity contribution >= 4 is 23.4 Å². The van der Waals surface area contributed by atoms with E-state index in [1.165, 1.54) is 29.5 Å². The smallest absolute Gasteiger partial charge is 0.407 e. The SMILES string of the molecule is COC(=O)c1ccn([S+]([O-])CCNC(=O)OC(C)(C)C)c1. The summed E-state index contributed by atoms with van der Waals surface area (Å²) in [6.07, 6.45) is 2.41. The van der Waals surface area contributed by atoms with Crippen LogP contribution in [0.5, 0.6) is 0 Å². The Hall–Kier alpha value is -1.67. The van der Waals surface area contributed by atoms with Crippen LogP contribution in [0.1, 0.15) is 31.1 Å². The van der Waals surface area contributed by atoms with Crippen LogP contribution in [-0.4, -0.2) is 45.6 Å². The van der Waals surface area contributed by atoms with E-state index in [9.17, 15) is 14.1 Å². The van der Waals surface area contributed by atoms with E-state index in [2.05, 4.69) is 10.1 Å². The zero-order valence-electron chi connectivity index (χ0n) is 12.5. The summed E-state index contributed by atoms with van der Waals surface area (Å²) in [6, 6.07) is 1.52. The number of hydrogen-bond donors (Lipinski definition) is 1. The largest absolute Gasteiger partial charge is 0.593 e. The van der Waals surface area contributed by atoms with E-state index < -0.39 is 29.0 Å². The highest BCUT2D eigenvalue weighted by atomic mass is 32.2. The van der Waals surface area contributed by atoms with E-state index in [4.69, 9.17) is 4.74 Å². The molecular weight excluding hydrogens is 296 g/mol. The molecule has 1 atom stereocenters. The van der Waals surface area contributed by atoms with Crippen LogP contribution < -0.4 is 5.32 Å². The topological polar surface area (TPSA) is 92.6 Å². The number of methoxy groups -OCH3 is 1. The van der Waals surface area contributed by atoms with Gasteiger partial charge in [-0.1, -0.05) is 0 Å². The maximum atomic E-state index is 12.0. The molecule has 0 aliphatic carbocycles. The molecule has 0 spiro atoms. The molecule has 0 saturated heterocycles. The van der Waals surface area contributed by atoms with Gasteiger partial charge >= 0.3 is 12.1 Å². The summed E-state index contributed by atoms with van der Waals surface area (Å²) < 4.78 is 23.0. The van der Waals surface area contributed by atoms with Gasteiger partial charge in [0.1, 0.15) is 11.4 Å². The molecule has 0 saturated carbocycles. The second-order valence-corrected chi connectivity index (χ2v) is 6.68. The summed E-state index contributed by atoms with van der Waals surface area (Å²) in [6.45, 7) is 5.49. The summed E-state index contributed by atoms with van der Waals surface area (Å²) >= 11 is -1.38. The average molecular weight is 316 g/mol. The molecule has 1 unspecified atom stereocenters. The van der Waals surface area contributed by atoms with Crippen LogP contribution in [0.25, 0.3) is 0 Å². The Balaban J connectivity index is 2.40. The van der Waals surface area contributed by atoms with Gasteiger partial charge in [0.25, 0.3) is 0 Å². The first-order valence-corrected chi connectivity index (χ1v) is 7.62. The van der Waals surface area contributed by atoms with Crippen molar-refractivity contribution < 1.29 is 23.6 Å². The molecule has 1 N–H and O–H groups in total. The minimum Gasteiger partial charge on any atom is -0.593 e. The first-order chi connectivity index (χ1) is 9.73. The molecule has 0 bridgehead atoms. The van der Waals surface area contributed by atoms with Crippen molar-refractivity contribution in [2.24, 2.45) is 0 Å². The number of aromatic nitrogens is 1. The van der Waals surface area contributed by atoms with Gasteiger partial charge in [-0.15, -0.1) is 0 Å². The van der Waals surface area contributed by atoms with Crippen LogP contribution in [0.15, 0.2) is 18.5 Å². The van der Waals surface area contributed by atoms with E-state index in [-0.39, 0.29) is 12.3 Å². The van der Waals surface area contributed by atoms with Gasteiger partial charge in [0.05, 0.1) is 43.0 Å². The van der Waals surface area contributed by atoms with Crippen LogP contribution >= 0.6 is 0 Å². The lowest BCUT2D eigenvalue weighted by Gasteiger charge is -2.19. The third-order valence-electron chi connectivity index (χ3n) is 2.27. The van der Waals surface area contributed by atoms with Gasteiger partial charge < -0.3 is 19.3 Å². The number of nitrogens with zero attached hydrogens (tertiary/aromatic N) is 1. The third kappa shape index (κ3) is 6.09. The molecule has 0 aliphatic rings. The molecule has 1 heterocycles. The lowest BCUT2D eigenvalue weighted by Crippen LogP contribution is -2.35. The Morgan fingerprint density at radius 3 is 2.67 bits per heavy atom. The lowest BCUT2D eigenvalue weighted by molar-refractivity contribution is 0.0530. The van der Waals surface area contributed by atoms with E-state index in [1.807, 2.05) is 0 Å². The van der Waals surface area contributed by atoms with Gasteiger partial charge in [-0.3, -0.25) is 0 Å². The van der Waals surface area contributed by atoms with Gasteiger partial charge in [-0.2, -0.15) is 3.97 Å². The van der Waals surface area contributed by atoms with Crippen molar-refractivity contribution in [1.82, 2.24) is 9.29 Å². The quantitative estimate of drug-likeness (QED) is 0.653. The molecule has 0 aromatic carbocycles. The van der Waals surface area contributed by atoms with Crippen molar-refractivity contribution in [3.63, 3.8) is 0 Å². The fourth-order valence-electron chi connectivity index (χ4n) is 1.40. The van der Waals surface area contributed by atoms with Crippen molar-refractivity contribution in [2.45, 2.75) is 26.4 Å².